The van der Waals surface area contributed by atoms with Gasteiger partial charge in [0.15, 0.2) is 0 Å². The highest BCUT2D eigenvalue weighted by Gasteiger charge is 2.39. The molecule has 0 aromatic heterocycles. The van der Waals surface area contributed by atoms with E-state index < -0.39 is 0 Å². The van der Waals surface area contributed by atoms with Gasteiger partial charge in [-0.25, -0.2) is 0 Å². The summed E-state index contributed by atoms with van der Waals surface area (Å²) in [6, 6.07) is 8.19. The van der Waals surface area contributed by atoms with Gasteiger partial charge in [-0.3, -0.25) is 0 Å². The molecule has 2 heterocycles. The van der Waals surface area contributed by atoms with Crippen LogP contribution in [0.2, 0.25) is 0 Å². The van der Waals surface area contributed by atoms with E-state index in [1.807, 2.05) is 31.2 Å². The summed E-state index contributed by atoms with van der Waals surface area (Å²) >= 11 is 0. The first kappa shape index (κ1) is 14.8. The number of hydrogen-bond donors (Lipinski definition) is 1. The topological polar surface area (TPSA) is 53.7 Å². The van der Waals surface area contributed by atoms with Gasteiger partial charge in [-0.05, 0) is 37.5 Å². The van der Waals surface area contributed by atoms with E-state index in [2.05, 4.69) is 0 Å². The molecule has 1 unspecified atom stereocenters. The summed E-state index contributed by atoms with van der Waals surface area (Å²) in [6.45, 7) is 4.37. The monoisotopic (exact) mass is 291 g/mol. The maximum atomic E-state index is 6.16. The van der Waals surface area contributed by atoms with E-state index in [0.717, 1.165) is 56.8 Å². The summed E-state index contributed by atoms with van der Waals surface area (Å²) in [5.74, 6) is 0.925. The molecule has 2 aliphatic heterocycles. The minimum absolute atomic E-state index is 0.0210. The van der Waals surface area contributed by atoms with E-state index in [1.54, 1.807) is 0 Å². The molecule has 2 atom stereocenters. The van der Waals surface area contributed by atoms with Crippen LogP contribution >= 0.6 is 0 Å². The summed E-state index contributed by atoms with van der Waals surface area (Å²) < 4.78 is 17.7. The van der Waals surface area contributed by atoms with Crippen LogP contribution in [0.4, 0.5) is 0 Å². The van der Waals surface area contributed by atoms with E-state index in [9.17, 15) is 0 Å². The number of nitrogens with two attached hydrogens (primary N) is 1. The fraction of sp³-hybridized carbons (Fsp3) is 0.647. The highest BCUT2D eigenvalue weighted by Crippen LogP contribution is 2.35. The molecule has 1 aromatic rings. The minimum atomic E-state index is -0.0210. The lowest BCUT2D eigenvalue weighted by atomic mass is 9.85. The number of hydrogen-bond acceptors (Lipinski definition) is 4. The molecule has 2 aliphatic rings. The highest BCUT2D eigenvalue weighted by atomic mass is 16.5. The van der Waals surface area contributed by atoms with Crippen molar-refractivity contribution in [3.8, 4) is 5.75 Å². The van der Waals surface area contributed by atoms with Crippen molar-refractivity contribution in [2.45, 2.75) is 50.4 Å². The van der Waals surface area contributed by atoms with Gasteiger partial charge in [-0.15, -0.1) is 0 Å². The van der Waals surface area contributed by atoms with Crippen molar-refractivity contribution in [2.75, 3.05) is 19.8 Å². The van der Waals surface area contributed by atoms with Gasteiger partial charge in [0.2, 0.25) is 0 Å². The van der Waals surface area contributed by atoms with Gasteiger partial charge in [0.05, 0.1) is 12.2 Å². The Morgan fingerprint density at radius 3 is 2.57 bits per heavy atom. The second-order valence-electron chi connectivity index (χ2n) is 6.23. The predicted octanol–water partition coefficient (Wildman–Crippen LogP) is 2.81. The molecule has 0 saturated carbocycles. The molecule has 0 amide bonds. The zero-order valence-electron chi connectivity index (χ0n) is 12.7. The van der Waals surface area contributed by atoms with Crippen LogP contribution in [-0.2, 0) is 9.47 Å². The average Bonchev–Trinajstić information content (AvgIpc) is 2.49. The standard InChI is InChI=1S/C17H25NO3/c1-13(18)14-2-4-15(5-3-14)21-16-6-9-20-17(12-16)7-10-19-11-8-17/h2-5,13,16H,6-12,18H2,1H3/t13-,16?/m0/s1. The Labute approximate surface area is 126 Å². The van der Waals surface area contributed by atoms with Gasteiger partial charge in [0.25, 0.3) is 0 Å². The number of rotatable bonds is 3. The Morgan fingerprint density at radius 1 is 1.19 bits per heavy atom. The van der Waals surface area contributed by atoms with E-state index in [0.29, 0.717) is 0 Å². The molecule has 0 radical (unpaired) electrons. The van der Waals surface area contributed by atoms with E-state index in [-0.39, 0.29) is 17.7 Å². The van der Waals surface area contributed by atoms with Crippen LogP contribution in [0.5, 0.6) is 5.75 Å². The molecule has 21 heavy (non-hydrogen) atoms. The summed E-state index contributed by atoms with van der Waals surface area (Å²) in [5, 5.41) is 0. The molecule has 1 aromatic carbocycles. The Bertz CT molecular complexity index is 446. The van der Waals surface area contributed by atoms with E-state index >= 15 is 0 Å². The lowest BCUT2D eigenvalue weighted by Gasteiger charge is -2.43. The SMILES string of the molecule is C[C@H](N)c1ccc(OC2CCOC3(CCOCC3)C2)cc1. The molecule has 4 nitrogen and oxygen atoms in total. The third kappa shape index (κ3) is 3.57. The first-order chi connectivity index (χ1) is 10.2. The molecule has 1 spiro atoms. The zero-order chi connectivity index (χ0) is 14.7. The van der Waals surface area contributed by atoms with Crippen LogP contribution in [0.25, 0.3) is 0 Å². The summed E-state index contributed by atoms with van der Waals surface area (Å²) in [6.07, 6.45) is 4.12. The maximum Gasteiger partial charge on any atom is 0.119 e. The Balaban J connectivity index is 1.61. The molecular weight excluding hydrogens is 266 g/mol. The van der Waals surface area contributed by atoms with Gasteiger partial charge in [-0.2, -0.15) is 0 Å². The maximum absolute atomic E-state index is 6.16. The molecule has 116 valence electrons. The lowest BCUT2D eigenvalue weighted by molar-refractivity contribution is -0.155. The molecule has 2 fully saturated rings. The molecule has 2 saturated heterocycles. The smallest absolute Gasteiger partial charge is 0.119 e. The minimum Gasteiger partial charge on any atom is -0.490 e. The van der Waals surface area contributed by atoms with Crippen molar-refractivity contribution in [1.82, 2.24) is 0 Å². The lowest BCUT2D eigenvalue weighted by Crippen LogP contribution is -2.47. The van der Waals surface area contributed by atoms with Crippen molar-refractivity contribution in [1.29, 1.82) is 0 Å². The van der Waals surface area contributed by atoms with E-state index in [4.69, 9.17) is 19.9 Å². The summed E-state index contributed by atoms with van der Waals surface area (Å²) in [5.41, 5.74) is 6.99. The Morgan fingerprint density at radius 2 is 1.90 bits per heavy atom. The zero-order valence-corrected chi connectivity index (χ0v) is 12.7. The summed E-state index contributed by atoms with van der Waals surface area (Å²) in [7, 11) is 0. The first-order valence-electron chi connectivity index (χ1n) is 7.91. The third-order valence-electron chi connectivity index (χ3n) is 4.56. The van der Waals surface area contributed by atoms with Crippen LogP contribution in [0.15, 0.2) is 24.3 Å². The van der Waals surface area contributed by atoms with Crippen LogP contribution in [0, 0.1) is 0 Å². The second-order valence-corrected chi connectivity index (χ2v) is 6.23. The van der Waals surface area contributed by atoms with Crippen LogP contribution in [0.1, 0.15) is 44.2 Å². The molecule has 0 bridgehead atoms. The van der Waals surface area contributed by atoms with Crippen LogP contribution in [-0.4, -0.2) is 31.5 Å². The van der Waals surface area contributed by atoms with Gasteiger partial charge in [0.1, 0.15) is 11.9 Å². The molecule has 4 heteroatoms. The highest BCUT2D eigenvalue weighted by molar-refractivity contribution is 5.29. The molecule has 3 rings (SSSR count). The van der Waals surface area contributed by atoms with Crippen molar-refractivity contribution in [3.63, 3.8) is 0 Å². The van der Waals surface area contributed by atoms with Crippen molar-refractivity contribution >= 4 is 0 Å². The van der Waals surface area contributed by atoms with Gasteiger partial charge in [0, 0.05) is 32.1 Å². The molecule has 2 N–H and O–H groups in total. The molecular formula is C17H25NO3. The molecule has 0 aliphatic carbocycles. The predicted molar refractivity (Wildman–Crippen MR) is 81.4 cm³/mol. The average molecular weight is 291 g/mol. The Kier molecular flexibility index (Phi) is 4.48. The fourth-order valence-electron chi connectivity index (χ4n) is 3.22. The van der Waals surface area contributed by atoms with Crippen LogP contribution < -0.4 is 10.5 Å². The quantitative estimate of drug-likeness (QED) is 0.930. The van der Waals surface area contributed by atoms with Crippen molar-refractivity contribution < 1.29 is 14.2 Å². The second kappa shape index (κ2) is 6.34. The number of ether oxygens (including phenoxy) is 3. The van der Waals surface area contributed by atoms with Crippen molar-refractivity contribution in [3.05, 3.63) is 29.8 Å². The Hall–Kier alpha value is -1.10. The van der Waals surface area contributed by atoms with Crippen LogP contribution in [0.3, 0.4) is 0 Å². The van der Waals surface area contributed by atoms with Crippen molar-refractivity contribution in [2.24, 2.45) is 5.73 Å². The third-order valence-corrected chi connectivity index (χ3v) is 4.56. The summed E-state index contributed by atoms with van der Waals surface area (Å²) in [4.78, 5) is 0. The largest absolute Gasteiger partial charge is 0.490 e. The van der Waals surface area contributed by atoms with Gasteiger partial charge in [-0.1, -0.05) is 12.1 Å². The normalized spacial score (nSPS) is 26.5. The first-order valence-corrected chi connectivity index (χ1v) is 7.91. The van der Waals surface area contributed by atoms with E-state index in [1.165, 1.54) is 0 Å². The van der Waals surface area contributed by atoms with Gasteiger partial charge < -0.3 is 19.9 Å². The number of benzene rings is 1. The van der Waals surface area contributed by atoms with Gasteiger partial charge >= 0.3 is 0 Å². The fourth-order valence-corrected chi connectivity index (χ4v) is 3.22.